The molecular formula is C12H10ClF2N3O2. The molecule has 20 heavy (non-hydrogen) atoms. The smallest absolute Gasteiger partial charge is 0.320 e. The van der Waals surface area contributed by atoms with E-state index in [4.69, 9.17) is 22.1 Å². The Balaban J connectivity index is 2.19. The molecule has 5 nitrogen and oxygen atoms in total. The van der Waals surface area contributed by atoms with Gasteiger partial charge in [0.1, 0.15) is 12.4 Å². The maximum absolute atomic E-state index is 12.6. The lowest BCUT2D eigenvalue weighted by Gasteiger charge is -2.11. The Kier molecular flexibility index (Phi) is 4.19. The van der Waals surface area contributed by atoms with Crippen LogP contribution in [0.2, 0.25) is 5.02 Å². The Hall–Kier alpha value is -2.15. The topological polar surface area (TPSA) is 70.1 Å². The summed E-state index contributed by atoms with van der Waals surface area (Å²) in [7, 11) is 0. The monoisotopic (exact) mass is 301 g/mol. The van der Waals surface area contributed by atoms with Gasteiger partial charge in [0.2, 0.25) is 0 Å². The van der Waals surface area contributed by atoms with Crippen molar-refractivity contribution in [1.29, 1.82) is 0 Å². The number of halogens is 3. The average Bonchev–Trinajstić information content (AvgIpc) is 2.85. The van der Waals surface area contributed by atoms with Crippen LogP contribution in [-0.4, -0.2) is 15.5 Å². The maximum Gasteiger partial charge on any atom is 0.320 e. The Morgan fingerprint density at radius 3 is 2.90 bits per heavy atom. The molecule has 0 unspecified atom stereocenters. The summed E-state index contributed by atoms with van der Waals surface area (Å²) >= 11 is 5.75. The molecule has 2 N–H and O–H groups in total. The van der Waals surface area contributed by atoms with E-state index < -0.39 is 12.5 Å². The van der Waals surface area contributed by atoms with Crippen molar-refractivity contribution in [2.75, 3.05) is 0 Å². The van der Waals surface area contributed by atoms with Crippen LogP contribution in [0.15, 0.2) is 30.6 Å². The number of nitrogens with two attached hydrogens (primary N) is 1. The molecule has 0 aliphatic rings. The van der Waals surface area contributed by atoms with E-state index >= 15 is 0 Å². The summed E-state index contributed by atoms with van der Waals surface area (Å²) < 4.78 is 31.2. The molecule has 0 radical (unpaired) electrons. The number of imidazole rings is 1. The molecule has 0 aliphatic heterocycles. The van der Waals surface area contributed by atoms with Gasteiger partial charge in [0.05, 0.1) is 5.56 Å². The van der Waals surface area contributed by atoms with E-state index in [1.807, 2.05) is 0 Å². The number of hydrogen-bond acceptors (Lipinski definition) is 3. The Bertz CT molecular complexity index is 631. The first kappa shape index (κ1) is 14.3. The van der Waals surface area contributed by atoms with E-state index in [9.17, 15) is 13.6 Å². The van der Waals surface area contributed by atoms with Crippen LogP contribution in [0.25, 0.3) is 0 Å². The largest absolute Gasteiger partial charge is 0.485 e. The van der Waals surface area contributed by atoms with Gasteiger partial charge in [-0.05, 0) is 18.2 Å². The molecule has 0 spiro atoms. The van der Waals surface area contributed by atoms with Crippen molar-refractivity contribution in [1.82, 2.24) is 9.55 Å². The average molecular weight is 302 g/mol. The molecule has 0 fully saturated rings. The zero-order chi connectivity index (χ0) is 14.7. The minimum absolute atomic E-state index is 0.0328. The van der Waals surface area contributed by atoms with Crippen molar-refractivity contribution in [3.63, 3.8) is 0 Å². The molecule has 106 valence electrons. The van der Waals surface area contributed by atoms with Crippen LogP contribution in [0.4, 0.5) is 8.78 Å². The van der Waals surface area contributed by atoms with Gasteiger partial charge in [0, 0.05) is 17.4 Å². The zero-order valence-corrected chi connectivity index (χ0v) is 10.8. The van der Waals surface area contributed by atoms with Gasteiger partial charge in [0.15, 0.2) is 5.82 Å². The van der Waals surface area contributed by atoms with Crippen LogP contribution in [0.5, 0.6) is 5.75 Å². The number of hydrogen-bond donors (Lipinski definition) is 1. The molecule has 1 heterocycles. The molecule has 0 atom stereocenters. The van der Waals surface area contributed by atoms with Crippen molar-refractivity contribution in [2.45, 2.75) is 13.2 Å². The first-order chi connectivity index (χ1) is 9.49. The summed E-state index contributed by atoms with van der Waals surface area (Å²) in [5, 5.41) is 0.320. The van der Waals surface area contributed by atoms with Crippen molar-refractivity contribution < 1.29 is 18.3 Å². The van der Waals surface area contributed by atoms with Crippen LogP contribution < -0.4 is 10.5 Å². The lowest BCUT2D eigenvalue weighted by Crippen LogP contribution is -2.14. The van der Waals surface area contributed by atoms with E-state index in [1.165, 1.54) is 24.4 Å². The Morgan fingerprint density at radius 2 is 2.25 bits per heavy atom. The second-order valence-electron chi connectivity index (χ2n) is 3.82. The van der Waals surface area contributed by atoms with Gasteiger partial charge in [-0.15, -0.1) is 0 Å². The number of carbonyl (C=O) groups is 1. The molecule has 0 saturated heterocycles. The highest BCUT2D eigenvalue weighted by Gasteiger charge is 2.14. The molecule has 1 amide bonds. The van der Waals surface area contributed by atoms with Crippen LogP contribution in [0.1, 0.15) is 22.7 Å². The molecular weight excluding hydrogens is 292 g/mol. The number of ether oxygens (including phenoxy) is 1. The third-order valence-electron chi connectivity index (χ3n) is 2.52. The summed E-state index contributed by atoms with van der Waals surface area (Å²) in [5.41, 5.74) is 5.27. The summed E-state index contributed by atoms with van der Waals surface area (Å²) in [6, 6.07) is 4.29. The first-order valence-corrected chi connectivity index (χ1v) is 5.89. The Morgan fingerprint density at radius 1 is 1.50 bits per heavy atom. The number of amides is 1. The fraction of sp³-hybridized carbons (Fsp3) is 0.167. The highest BCUT2D eigenvalue weighted by molar-refractivity contribution is 6.31. The summed E-state index contributed by atoms with van der Waals surface area (Å²) in [4.78, 5) is 15.0. The number of benzene rings is 1. The van der Waals surface area contributed by atoms with Gasteiger partial charge < -0.3 is 10.5 Å². The second-order valence-corrected chi connectivity index (χ2v) is 4.26. The van der Waals surface area contributed by atoms with E-state index in [1.54, 1.807) is 0 Å². The molecule has 0 bridgehead atoms. The number of carbonyl (C=O) groups excluding carboxylic acids is 1. The SMILES string of the molecule is NC(=O)c1cc(Cl)ccc1OCc1nccn1C(F)F. The quantitative estimate of drug-likeness (QED) is 0.923. The van der Waals surface area contributed by atoms with Gasteiger partial charge in [-0.2, -0.15) is 8.78 Å². The minimum atomic E-state index is -2.71. The van der Waals surface area contributed by atoms with Crippen LogP contribution in [-0.2, 0) is 6.61 Å². The van der Waals surface area contributed by atoms with Gasteiger partial charge in [0.25, 0.3) is 5.91 Å². The lowest BCUT2D eigenvalue weighted by atomic mass is 10.2. The van der Waals surface area contributed by atoms with Gasteiger partial charge >= 0.3 is 6.55 Å². The Labute approximate surface area is 117 Å². The van der Waals surface area contributed by atoms with Gasteiger partial charge in [-0.3, -0.25) is 9.36 Å². The second kappa shape index (κ2) is 5.87. The van der Waals surface area contributed by atoms with E-state index in [-0.39, 0.29) is 23.7 Å². The zero-order valence-electron chi connectivity index (χ0n) is 10.1. The number of nitrogens with zero attached hydrogens (tertiary/aromatic N) is 2. The predicted molar refractivity (Wildman–Crippen MR) is 67.8 cm³/mol. The molecule has 2 aromatic rings. The molecule has 0 saturated carbocycles. The minimum Gasteiger partial charge on any atom is -0.485 e. The van der Waals surface area contributed by atoms with Crippen LogP contribution >= 0.6 is 11.6 Å². The number of aromatic nitrogens is 2. The third-order valence-corrected chi connectivity index (χ3v) is 2.76. The van der Waals surface area contributed by atoms with Gasteiger partial charge in [-0.25, -0.2) is 4.98 Å². The number of primary amides is 1. The third kappa shape index (κ3) is 3.05. The van der Waals surface area contributed by atoms with Crippen LogP contribution in [0.3, 0.4) is 0 Å². The highest BCUT2D eigenvalue weighted by Crippen LogP contribution is 2.23. The molecule has 2 rings (SSSR count). The fourth-order valence-electron chi connectivity index (χ4n) is 1.60. The molecule has 1 aromatic carbocycles. The predicted octanol–water partition coefficient (Wildman–Crippen LogP) is 2.61. The highest BCUT2D eigenvalue weighted by atomic mass is 35.5. The summed E-state index contributed by atoms with van der Waals surface area (Å²) in [6.45, 7) is -2.93. The van der Waals surface area contributed by atoms with Crippen molar-refractivity contribution in [2.24, 2.45) is 5.73 Å². The summed E-state index contributed by atoms with van der Waals surface area (Å²) in [6.07, 6.45) is 2.38. The standard InChI is InChI=1S/C12H10ClF2N3O2/c13-7-1-2-9(8(5-7)11(16)19)20-6-10-17-3-4-18(10)12(14)15/h1-5,12H,6H2,(H2,16,19). The summed E-state index contributed by atoms with van der Waals surface area (Å²) in [5.74, 6) is -0.532. The normalized spacial score (nSPS) is 10.8. The van der Waals surface area contributed by atoms with Crippen molar-refractivity contribution >= 4 is 17.5 Å². The molecule has 1 aromatic heterocycles. The fourth-order valence-corrected chi connectivity index (χ4v) is 1.77. The van der Waals surface area contributed by atoms with E-state index in [0.29, 0.717) is 9.59 Å². The first-order valence-electron chi connectivity index (χ1n) is 5.51. The maximum atomic E-state index is 12.6. The van der Waals surface area contributed by atoms with Crippen molar-refractivity contribution in [3.8, 4) is 5.75 Å². The van der Waals surface area contributed by atoms with Crippen molar-refractivity contribution in [3.05, 3.63) is 47.0 Å². The van der Waals surface area contributed by atoms with E-state index in [2.05, 4.69) is 4.98 Å². The molecule has 8 heteroatoms. The lowest BCUT2D eigenvalue weighted by molar-refractivity contribution is 0.0631. The number of rotatable bonds is 5. The van der Waals surface area contributed by atoms with E-state index in [0.717, 1.165) is 6.20 Å². The number of alkyl halides is 2. The van der Waals surface area contributed by atoms with Crippen LogP contribution in [0, 0.1) is 0 Å². The van der Waals surface area contributed by atoms with Gasteiger partial charge in [-0.1, -0.05) is 11.6 Å². The molecule has 0 aliphatic carbocycles.